The van der Waals surface area contributed by atoms with Gasteiger partial charge in [0.25, 0.3) is 0 Å². The molecule has 1 aliphatic rings. The highest BCUT2D eigenvalue weighted by Gasteiger charge is 2.31. The van der Waals surface area contributed by atoms with E-state index in [4.69, 9.17) is 5.11 Å². The summed E-state index contributed by atoms with van der Waals surface area (Å²) in [5.74, 6) is -1.02. The molecule has 21 heavy (non-hydrogen) atoms. The van der Waals surface area contributed by atoms with E-state index in [0.717, 1.165) is 0 Å². The van der Waals surface area contributed by atoms with Crippen LogP contribution >= 0.6 is 11.3 Å². The molecule has 1 aromatic heterocycles. The number of hydrogen-bond donors (Lipinski definition) is 3. The molecule has 0 aromatic carbocycles. The largest absolute Gasteiger partial charge is 0.479 e. The number of rotatable bonds is 5. The lowest BCUT2D eigenvalue weighted by atomic mass is 10.2. The zero-order valence-electron chi connectivity index (χ0n) is 11.1. The van der Waals surface area contributed by atoms with Crippen molar-refractivity contribution >= 4 is 33.2 Å². The smallest absolute Gasteiger partial charge is 0.331 e. The van der Waals surface area contributed by atoms with E-state index in [1.54, 1.807) is 17.5 Å². The summed E-state index contributed by atoms with van der Waals surface area (Å²) in [6.07, 6.45) is 1.12. The molecule has 2 heterocycles. The van der Waals surface area contributed by atoms with Crippen molar-refractivity contribution in [2.45, 2.75) is 24.1 Å². The van der Waals surface area contributed by atoms with Gasteiger partial charge in [-0.3, -0.25) is 0 Å². The number of sulfone groups is 1. The number of carboxylic acids is 1. The van der Waals surface area contributed by atoms with E-state index in [-0.39, 0.29) is 12.3 Å². The van der Waals surface area contributed by atoms with Gasteiger partial charge in [-0.15, -0.1) is 11.3 Å². The molecule has 0 bridgehead atoms. The molecule has 2 amide bonds. The summed E-state index contributed by atoms with van der Waals surface area (Å²) in [5, 5.41) is 15.0. The van der Waals surface area contributed by atoms with Gasteiger partial charge in [0.05, 0.1) is 11.0 Å². The number of thiophene rings is 1. The van der Waals surface area contributed by atoms with Gasteiger partial charge in [0.2, 0.25) is 0 Å². The van der Waals surface area contributed by atoms with E-state index in [1.807, 2.05) is 0 Å². The number of carboxylic acid groups (broad SMARTS) is 1. The van der Waals surface area contributed by atoms with Gasteiger partial charge in [0.15, 0.2) is 15.9 Å². The van der Waals surface area contributed by atoms with Gasteiger partial charge in [0, 0.05) is 11.4 Å². The van der Waals surface area contributed by atoms with Crippen LogP contribution in [0.3, 0.4) is 0 Å². The average molecular weight is 332 g/mol. The van der Waals surface area contributed by atoms with Crippen LogP contribution in [0.25, 0.3) is 0 Å². The lowest BCUT2D eigenvalue weighted by molar-refractivity contribution is -0.139. The average Bonchev–Trinajstić information content (AvgIpc) is 3.02. The monoisotopic (exact) mass is 332 g/mol. The van der Waals surface area contributed by atoms with Crippen molar-refractivity contribution in [2.24, 2.45) is 0 Å². The summed E-state index contributed by atoms with van der Waals surface area (Å²) in [6.45, 7) is 0.00491. The molecule has 116 valence electrons. The summed E-state index contributed by atoms with van der Waals surface area (Å²) < 4.78 is 23.3. The minimum Gasteiger partial charge on any atom is -0.479 e. The van der Waals surface area contributed by atoms with Crippen molar-refractivity contribution < 1.29 is 23.1 Å². The number of nitrogens with one attached hydrogen (secondary N) is 2. The third-order valence-electron chi connectivity index (χ3n) is 3.30. The van der Waals surface area contributed by atoms with Gasteiger partial charge in [-0.25, -0.2) is 18.0 Å². The van der Waals surface area contributed by atoms with Crippen LogP contribution in [0.2, 0.25) is 0 Å². The second-order valence-corrected chi connectivity index (χ2v) is 8.15. The van der Waals surface area contributed by atoms with Crippen LogP contribution in [0.1, 0.15) is 23.8 Å². The van der Waals surface area contributed by atoms with Gasteiger partial charge in [-0.2, -0.15) is 0 Å². The highest BCUT2D eigenvalue weighted by Crippen LogP contribution is 2.20. The maximum Gasteiger partial charge on any atom is 0.331 e. The molecule has 7 nitrogen and oxygen atoms in total. The highest BCUT2D eigenvalue weighted by molar-refractivity contribution is 7.92. The van der Waals surface area contributed by atoms with Crippen molar-refractivity contribution in [3.05, 3.63) is 22.4 Å². The SMILES string of the molecule is O=C(NCC1CCCS1(=O)=O)NC(C(=O)O)c1cccs1. The van der Waals surface area contributed by atoms with E-state index < -0.39 is 33.1 Å². The number of carbonyl (C=O) groups excluding carboxylic acids is 1. The number of urea groups is 1. The van der Waals surface area contributed by atoms with Gasteiger partial charge in [-0.1, -0.05) is 6.07 Å². The molecule has 0 aliphatic carbocycles. The predicted molar refractivity (Wildman–Crippen MR) is 78.0 cm³/mol. The predicted octanol–water partition coefficient (Wildman–Crippen LogP) is 0.750. The lowest BCUT2D eigenvalue weighted by Gasteiger charge is -2.15. The van der Waals surface area contributed by atoms with E-state index in [9.17, 15) is 18.0 Å². The van der Waals surface area contributed by atoms with Crippen LogP contribution in [0, 0.1) is 0 Å². The van der Waals surface area contributed by atoms with Crippen LogP contribution in [0.4, 0.5) is 4.79 Å². The van der Waals surface area contributed by atoms with Crippen LogP contribution in [-0.2, 0) is 14.6 Å². The van der Waals surface area contributed by atoms with Crippen LogP contribution < -0.4 is 10.6 Å². The molecule has 1 aliphatic heterocycles. The Kier molecular flexibility index (Phi) is 4.84. The third kappa shape index (κ3) is 3.94. The summed E-state index contributed by atoms with van der Waals surface area (Å²) >= 11 is 1.23. The Labute approximate surface area is 126 Å². The molecular weight excluding hydrogens is 316 g/mol. The molecule has 1 fully saturated rings. The standard InChI is InChI=1S/C12H16N2O5S2/c15-11(16)10(9-4-1-5-20-9)14-12(17)13-7-8-3-2-6-21(8,18)19/h1,4-5,8,10H,2-3,6-7H2,(H,15,16)(H2,13,14,17). The van der Waals surface area contributed by atoms with Crippen molar-refractivity contribution in [3.8, 4) is 0 Å². The first kappa shape index (κ1) is 15.8. The zero-order chi connectivity index (χ0) is 15.5. The van der Waals surface area contributed by atoms with E-state index in [1.165, 1.54) is 11.3 Å². The number of aliphatic carboxylic acids is 1. The molecule has 1 saturated heterocycles. The Balaban J connectivity index is 1.90. The van der Waals surface area contributed by atoms with E-state index in [2.05, 4.69) is 10.6 Å². The number of carbonyl (C=O) groups is 2. The lowest BCUT2D eigenvalue weighted by Crippen LogP contribution is -2.44. The fraction of sp³-hybridized carbons (Fsp3) is 0.500. The molecule has 9 heteroatoms. The number of hydrogen-bond acceptors (Lipinski definition) is 5. The first-order valence-electron chi connectivity index (χ1n) is 6.42. The minimum atomic E-state index is -3.13. The summed E-state index contributed by atoms with van der Waals surface area (Å²) in [4.78, 5) is 23.4. The van der Waals surface area contributed by atoms with Gasteiger partial charge >= 0.3 is 12.0 Å². The maximum absolute atomic E-state index is 11.7. The second-order valence-electron chi connectivity index (χ2n) is 4.77. The number of amides is 2. The van der Waals surface area contributed by atoms with E-state index >= 15 is 0 Å². The normalized spacial score (nSPS) is 21.6. The Morgan fingerprint density at radius 1 is 1.48 bits per heavy atom. The van der Waals surface area contributed by atoms with Crippen LogP contribution in [0.15, 0.2) is 17.5 Å². The van der Waals surface area contributed by atoms with Crippen molar-refractivity contribution in [1.82, 2.24) is 10.6 Å². The molecule has 1 aromatic rings. The maximum atomic E-state index is 11.7. The fourth-order valence-corrected chi connectivity index (χ4v) is 4.72. The topological polar surface area (TPSA) is 113 Å². The summed E-state index contributed by atoms with van der Waals surface area (Å²) in [7, 11) is -3.13. The van der Waals surface area contributed by atoms with Crippen molar-refractivity contribution in [2.75, 3.05) is 12.3 Å². The first-order valence-corrected chi connectivity index (χ1v) is 9.02. The Bertz CT molecular complexity index is 612. The zero-order valence-corrected chi connectivity index (χ0v) is 12.7. The Morgan fingerprint density at radius 2 is 2.24 bits per heavy atom. The van der Waals surface area contributed by atoms with Crippen molar-refractivity contribution in [3.63, 3.8) is 0 Å². The molecule has 0 saturated carbocycles. The molecule has 2 rings (SSSR count). The summed E-state index contributed by atoms with van der Waals surface area (Å²) in [6, 6.07) is 1.49. The molecule has 3 N–H and O–H groups in total. The summed E-state index contributed by atoms with van der Waals surface area (Å²) in [5.41, 5.74) is 0. The second kappa shape index (κ2) is 6.44. The van der Waals surface area contributed by atoms with Crippen LogP contribution in [-0.4, -0.2) is 43.1 Å². The Morgan fingerprint density at radius 3 is 2.76 bits per heavy atom. The Hall–Kier alpha value is -1.61. The highest BCUT2D eigenvalue weighted by atomic mass is 32.2. The molecule has 0 spiro atoms. The first-order chi connectivity index (χ1) is 9.90. The van der Waals surface area contributed by atoms with Gasteiger partial charge in [-0.05, 0) is 24.3 Å². The minimum absolute atomic E-state index is 0.00491. The third-order valence-corrected chi connectivity index (χ3v) is 6.52. The van der Waals surface area contributed by atoms with E-state index in [0.29, 0.717) is 17.7 Å². The quantitative estimate of drug-likeness (QED) is 0.736. The molecule has 2 atom stereocenters. The molecular formula is C12H16N2O5S2. The van der Waals surface area contributed by atoms with Crippen molar-refractivity contribution in [1.29, 1.82) is 0 Å². The fourth-order valence-electron chi connectivity index (χ4n) is 2.19. The van der Waals surface area contributed by atoms with Gasteiger partial charge in [0.1, 0.15) is 0 Å². The molecule has 0 radical (unpaired) electrons. The molecule has 2 unspecified atom stereocenters. The van der Waals surface area contributed by atoms with Gasteiger partial charge < -0.3 is 15.7 Å². The van der Waals surface area contributed by atoms with Crippen LogP contribution in [0.5, 0.6) is 0 Å².